The van der Waals surface area contributed by atoms with E-state index in [0.717, 1.165) is 6.54 Å². The van der Waals surface area contributed by atoms with Crippen LogP contribution < -0.4 is 10.6 Å². The molecule has 1 amide bonds. The van der Waals surface area contributed by atoms with Crippen LogP contribution in [0.5, 0.6) is 0 Å². The highest BCUT2D eigenvalue weighted by Crippen LogP contribution is 2.07. The van der Waals surface area contributed by atoms with Gasteiger partial charge in [0.1, 0.15) is 6.04 Å². The number of rotatable bonds is 8. The molecule has 0 saturated carbocycles. The van der Waals surface area contributed by atoms with Crippen LogP contribution in [-0.2, 0) is 14.3 Å². The minimum atomic E-state index is -0.549. The van der Waals surface area contributed by atoms with Gasteiger partial charge in [0.2, 0.25) is 5.91 Å². The molecular weight excluding hydrogens is 232 g/mol. The smallest absolute Gasteiger partial charge is 0.328 e. The maximum absolute atomic E-state index is 11.9. The fourth-order valence-electron chi connectivity index (χ4n) is 1.60. The number of hydrogen-bond donors (Lipinski definition) is 2. The van der Waals surface area contributed by atoms with Crippen LogP contribution in [-0.4, -0.2) is 38.1 Å². The molecule has 0 aromatic rings. The van der Waals surface area contributed by atoms with E-state index in [9.17, 15) is 9.59 Å². The molecule has 0 aliphatic carbocycles. The van der Waals surface area contributed by atoms with Crippen LogP contribution in [0.3, 0.4) is 0 Å². The van der Waals surface area contributed by atoms with E-state index in [0.29, 0.717) is 18.9 Å². The average molecular weight is 258 g/mol. The van der Waals surface area contributed by atoms with Crippen molar-refractivity contribution < 1.29 is 14.3 Å². The molecule has 0 rings (SSSR count). The highest BCUT2D eigenvalue weighted by atomic mass is 16.5. The zero-order valence-electron chi connectivity index (χ0n) is 12.1. The molecule has 0 fully saturated rings. The highest BCUT2D eigenvalue weighted by molar-refractivity contribution is 5.85. The summed E-state index contributed by atoms with van der Waals surface area (Å²) in [5, 5.41) is 5.86. The van der Waals surface area contributed by atoms with Crippen molar-refractivity contribution in [2.45, 2.75) is 40.2 Å². The van der Waals surface area contributed by atoms with Crippen LogP contribution >= 0.6 is 0 Å². The second-order valence-corrected chi connectivity index (χ2v) is 4.92. The summed E-state index contributed by atoms with van der Waals surface area (Å²) in [5.74, 6) is -0.345. The van der Waals surface area contributed by atoms with Gasteiger partial charge in [-0.1, -0.05) is 27.7 Å². The fourth-order valence-corrected chi connectivity index (χ4v) is 1.60. The molecule has 5 nitrogen and oxygen atoms in total. The predicted octanol–water partition coefficient (Wildman–Crippen LogP) is 0.936. The molecule has 0 bridgehead atoms. The standard InChI is InChI=1S/C13H26N2O3/c1-6-14-8-10(4)12(16)15-11(7-9(2)3)13(17)18-5/h9-11,14H,6-8H2,1-5H3,(H,15,16)/t10?,11-/m0/s1. The lowest BCUT2D eigenvalue weighted by atomic mass is 10.0. The van der Waals surface area contributed by atoms with Crippen molar-refractivity contribution >= 4 is 11.9 Å². The van der Waals surface area contributed by atoms with E-state index in [2.05, 4.69) is 10.6 Å². The van der Waals surface area contributed by atoms with E-state index in [4.69, 9.17) is 4.74 Å². The Morgan fingerprint density at radius 1 is 1.22 bits per heavy atom. The third-order valence-corrected chi connectivity index (χ3v) is 2.66. The molecule has 1 unspecified atom stereocenters. The third kappa shape index (κ3) is 6.59. The average Bonchev–Trinajstić information content (AvgIpc) is 2.33. The monoisotopic (exact) mass is 258 g/mol. The summed E-state index contributed by atoms with van der Waals surface area (Å²) in [6, 6.07) is -0.549. The zero-order chi connectivity index (χ0) is 14.1. The van der Waals surface area contributed by atoms with Gasteiger partial charge in [0.25, 0.3) is 0 Å². The Bertz CT molecular complexity index is 267. The summed E-state index contributed by atoms with van der Waals surface area (Å²) in [6.07, 6.45) is 0.590. The maximum atomic E-state index is 11.9. The molecule has 0 aromatic carbocycles. The summed E-state index contributed by atoms with van der Waals surface area (Å²) in [6.45, 7) is 9.26. The van der Waals surface area contributed by atoms with Gasteiger partial charge in [0.05, 0.1) is 7.11 Å². The highest BCUT2D eigenvalue weighted by Gasteiger charge is 2.24. The molecule has 0 spiro atoms. The number of amides is 1. The molecule has 0 saturated heterocycles. The Hall–Kier alpha value is -1.10. The zero-order valence-corrected chi connectivity index (χ0v) is 12.1. The SMILES string of the molecule is CCNCC(C)C(=O)N[C@@H](CC(C)C)C(=O)OC. The number of ether oxygens (including phenoxy) is 1. The van der Waals surface area contributed by atoms with E-state index in [-0.39, 0.29) is 17.8 Å². The molecule has 0 aliphatic heterocycles. The molecule has 18 heavy (non-hydrogen) atoms. The van der Waals surface area contributed by atoms with Crippen molar-refractivity contribution in [1.82, 2.24) is 10.6 Å². The van der Waals surface area contributed by atoms with E-state index >= 15 is 0 Å². The number of carbonyl (C=O) groups is 2. The summed E-state index contributed by atoms with van der Waals surface area (Å²) in [4.78, 5) is 23.5. The van der Waals surface area contributed by atoms with Crippen LogP contribution in [0, 0.1) is 11.8 Å². The number of carbonyl (C=O) groups excluding carboxylic acids is 2. The minimum Gasteiger partial charge on any atom is -0.467 e. The summed E-state index contributed by atoms with van der Waals surface area (Å²) in [7, 11) is 1.34. The summed E-state index contributed by atoms with van der Waals surface area (Å²) < 4.78 is 4.71. The fraction of sp³-hybridized carbons (Fsp3) is 0.846. The van der Waals surface area contributed by atoms with Crippen molar-refractivity contribution in [2.24, 2.45) is 11.8 Å². The van der Waals surface area contributed by atoms with Gasteiger partial charge in [0.15, 0.2) is 0 Å². The number of hydrogen-bond acceptors (Lipinski definition) is 4. The van der Waals surface area contributed by atoms with Gasteiger partial charge in [-0.3, -0.25) is 4.79 Å². The first kappa shape index (κ1) is 16.9. The first-order valence-electron chi connectivity index (χ1n) is 6.51. The summed E-state index contributed by atoms with van der Waals surface area (Å²) in [5.41, 5.74) is 0. The van der Waals surface area contributed by atoms with Crippen molar-refractivity contribution in [1.29, 1.82) is 0 Å². The molecule has 106 valence electrons. The quantitative estimate of drug-likeness (QED) is 0.636. The lowest BCUT2D eigenvalue weighted by molar-refractivity contribution is -0.146. The lowest BCUT2D eigenvalue weighted by Crippen LogP contribution is -2.46. The van der Waals surface area contributed by atoms with Crippen LogP contribution in [0.15, 0.2) is 0 Å². The largest absolute Gasteiger partial charge is 0.467 e. The molecule has 0 aromatic heterocycles. The van der Waals surface area contributed by atoms with E-state index in [1.165, 1.54) is 7.11 Å². The molecule has 0 heterocycles. The van der Waals surface area contributed by atoms with Gasteiger partial charge in [-0.05, 0) is 18.9 Å². The van der Waals surface area contributed by atoms with Gasteiger partial charge in [-0.25, -0.2) is 4.79 Å². The van der Waals surface area contributed by atoms with Crippen molar-refractivity contribution in [3.05, 3.63) is 0 Å². The Morgan fingerprint density at radius 2 is 1.83 bits per heavy atom. The summed E-state index contributed by atoms with van der Waals surface area (Å²) >= 11 is 0. The van der Waals surface area contributed by atoms with Crippen molar-refractivity contribution in [2.75, 3.05) is 20.2 Å². The maximum Gasteiger partial charge on any atom is 0.328 e. The topological polar surface area (TPSA) is 67.4 Å². The molecule has 0 aliphatic rings. The van der Waals surface area contributed by atoms with E-state index in [1.54, 1.807) is 0 Å². The van der Waals surface area contributed by atoms with E-state index < -0.39 is 6.04 Å². The van der Waals surface area contributed by atoms with Gasteiger partial charge in [-0.15, -0.1) is 0 Å². The minimum absolute atomic E-state index is 0.119. The number of esters is 1. The van der Waals surface area contributed by atoms with Crippen LogP contribution in [0.2, 0.25) is 0 Å². The second-order valence-electron chi connectivity index (χ2n) is 4.92. The van der Waals surface area contributed by atoms with Crippen molar-refractivity contribution in [3.8, 4) is 0 Å². The normalized spacial score (nSPS) is 14.1. The Balaban J connectivity index is 4.38. The number of methoxy groups -OCH3 is 1. The lowest BCUT2D eigenvalue weighted by Gasteiger charge is -2.20. The van der Waals surface area contributed by atoms with Gasteiger partial charge in [0, 0.05) is 12.5 Å². The molecule has 0 radical (unpaired) electrons. The van der Waals surface area contributed by atoms with Gasteiger partial charge < -0.3 is 15.4 Å². The Morgan fingerprint density at radius 3 is 2.28 bits per heavy atom. The van der Waals surface area contributed by atoms with Crippen LogP contribution in [0.1, 0.15) is 34.1 Å². The molecular formula is C13H26N2O3. The second kappa shape index (κ2) is 8.91. The Labute approximate surface area is 110 Å². The molecule has 5 heteroatoms. The molecule has 2 atom stereocenters. The van der Waals surface area contributed by atoms with Crippen LogP contribution in [0.4, 0.5) is 0 Å². The molecule has 2 N–H and O–H groups in total. The third-order valence-electron chi connectivity index (χ3n) is 2.66. The number of nitrogens with one attached hydrogen (secondary N) is 2. The van der Waals surface area contributed by atoms with Crippen LogP contribution in [0.25, 0.3) is 0 Å². The van der Waals surface area contributed by atoms with Gasteiger partial charge in [-0.2, -0.15) is 0 Å². The Kier molecular flexibility index (Phi) is 8.37. The van der Waals surface area contributed by atoms with E-state index in [1.807, 2.05) is 27.7 Å². The predicted molar refractivity (Wildman–Crippen MR) is 71.1 cm³/mol. The van der Waals surface area contributed by atoms with Gasteiger partial charge >= 0.3 is 5.97 Å². The van der Waals surface area contributed by atoms with Crippen molar-refractivity contribution in [3.63, 3.8) is 0 Å². The first-order chi connectivity index (χ1) is 8.42. The first-order valence-corrected chi connectivity index (χ1v) is 6.51.